The molecule has 1 aromatic rings. The maximum atomic E-state index is 11.8. The SMILES string of the molecule is CC(N)CCC(=O)Nc1ccc(NC(=O)NCC2CCCO2)cc1. The molecule has 7 nitrogen and oxygen atoms in total. The summed E-state index contributed by atoms with van der Waals surface area (Å²) in [5, 5.41) is 8.34. The first-order valence-electron chi connectivity index (χ1n) is 8.35. The third-order valence-corrected chi connectivity index (χ3v) is 3.77. The summed E-state index contributed by atoms with van der Waals surface area (Å²) in [5.41, 5.74) is 6.98. The number of rotatable bonds is 7. The van der Waals surface area contributed by atoms with Crippen molar-refractivity contribution in [2.24, 2.45) is 5.73 Å². The van der Waals surface area contributed by atoms with Crippen molar-refractivity contribution in [2.45, 2.75) is 44.8 Å². The number of carbonyl (C=O) groups excluding carboxylic acids is 2. The van der Waals surface area contributed by atoms with Crippen molar-refractivity contribution in [1.82, 2.24) is 5.32 Å². The zero-order valence-electron chi connectivity index (χ0n) is 14.0. The second-order valence-electron chi connectivity index (χ2n) is 6.11. The first kappa shape index (κ1) is 18.2. The van der Waals surface area contributed by atoms with Gasteiger partial charge in [-0.2, -0.15) is 0 Å². The van der Waals surface area contributed by atoms with E-state index in [4.69, 9.17) is 10.5 Å². The number of ether oxygens (including phenoxy) is 1. The summed E-state index contributed by atoms with van der Waals surface area (Å²) in [6.07, 6.45) is 3.19. The van der Waals surface area contributed by atoms with Gasteiger partial charge in [-0.05, 0) is 50.5 Å². The van der Waals surface area contributed by atoms with Crippen LogP contribution in [0, 0.1) is 0 Å². The largest absolute Gasteiger partial charge is 0.376 e. The Kier molecular flexibility index (Phi) is 7.02. The summed E-state index contributed by atoms with van der Waals surface area (Å²) in [4.78, 5) is 23.6. The number of carbonyl (C=O) groups is 2. The highest BCUT2D eigenvalue weighted by atomic mass is 16.5. The highest BCUT2D eigenvalue weighted by Gasteiger charge is 2.16. The van der Waals surface area contributed by atoms with Crippen molar-refractivity contribution < 1.29 is 14.3 Å². The van der Waals surface area contributed by atoms with Gasteiger partial charge in [0.05, 0.1) is 6.10 Å². The van der Waals surface area contributed by atoms with Gasteiger partial charge in [0.2, 0.25) is 5.91 Å². The van der Waals surface area contributed by atoms with Crippen molar-refractivity contribution in [1.29, 1.82) is 0 Å². The maximum absolute atomic E-state index is 11.8. The van der Waals surface area contributed by atoms with Crippen LogP contribution in [-0.2, 0) is 9.53 Å². The lowest BCUT2D eigenvalue weighted by Crippen LogP contribution is -2.35. The fourth-order valence-electron chi connectivity index (χ4n) is 2.41. The summed E-state index contributed by atoms with van der Waals surface area (Å²) in [7, 11) is 0. The van der Waals surface area contributed by atoms with E-state index in [2.05, 4.69) is 16.0 Å². The number of hydrogen-bond acceptors (Lipinski definition) is 4. The molecular formula is C17H26N4O3. The van der Waals surface area contributed by atoms with Gasteiger partial charge in [0.15, 0.2) is 0 Å². The van der Waals surface area contributed by atoms with Crippen molar-refractivity contribution in [3.8, 4) is 0 Å². The van der Waals surface area contributed by atoms with Crippen LogP contribution in [0.5, 0.6) is 0 Å². The van der Waals surface area contributed by atoms with Crippen LogP contribution in [0.25, 0.3) is 0 Å². The van der Waals surface area contributed by atoms with Gasteiger partial charge < -0.3 is 26.4 Å². The Morgan fingerprint density at radius 2 is 1.92 bits per heavy atom. The molecule has 0 spiro atoms. The van der Waals surface area contributed by atoms with Crippen molar-refractivity contribution in [3.05, 3.63) is 24.3 Å². The van der Waals surface area contributed by atoms with Crippen LogP contribution < -0.4 is 21.7 Å². The van der Waals surface area contributed by atoms with Crippen LogP contribution in [0.2, 0.25) is 0 Å². The standard InChI is InChI=1S/C17H26N4O3/c1-12(18)4-9-16(22)20-13-5-7-14(8-6-13)21-17(23)19-11-15-3-2-10-24-15/h5-8,12,15H,2-4,9-11,18H2,1H3,(H,20,22)(H2,19,21,23). The molecular weight excluding hydrogens is 308 g/mol. The molecule has 0 aliphatic carbocycles. The summed E-state index contributed by atoms with van der Waals surface area (Å²) in [5.74, 6) is -0.0673. The van der Waals surface area contributed by atoms with Gasteiger partial charge in [-0.1, -0.05) is 0 Å². The van der Waals surface area contributed by atoms with E-state index in [0.717, 1.165) is 19.4 Å². The van der Waals surface area contributed by atoms with E-state index in [0.29, 0.717) is 30.8 Å². The molecule has 24 heavy (non-hydrogen) atoms. The molecule has 0 saturated carbocycles. The predicted octanol–water partition coefficient (Wildman–Crippen LogP) is 2.05. The van der Waals surface area contributed by atoms with E-state index in [1.165, 1.54) is 0 Å². The summed E-state index contributed by atoms with van der Waals surface area (Å²) < 4.78 is 5.45. The molecule has 1 heterocycles. The molecule has 7 heteroatoms. The summed E-state index contributed by atoms with van der Waals surface area (Å²) >= 11 is 0. The number of anilines is 2. The Balaban J connectivity index is 1.72. The monoisotopic (exact) mass is 334 g/mol. The zero-order valence-corrected chi connectivity index (χ0v) is 14.0. The highest BCUT2D eigenvalue weighted by Crippen LogP contribution is 2.14. The summed E-state index contributed by atoms with van der Waals surface area (Å²) in [6, 6.07) is 6.73. The molecule has 0 aromatic heterocycles. The Bertz CT molecular complexity index is 539. The molecule has 2 rings (SSSR count). The molecule has 1 aliphatic heterocycles. The third-order valence-electron chi connectivity index (χ3n) is 3.77. The lowest BCUT2D eigenvalue weighted by atomic mass is 10.2. The molecule has 0 radical (unpaired) electrons. The molecule has 1 aliphatic rings. The Labute approximate surface area is 142 Å². The van der Waals surface area contributed by atoms with E-state index < -0.39 is 0 Å². The molecule has 1 fully saturated rings. The van der Waals surface area contributed by atoms with Crippen molar-refractivity contribution in [2.75, 3.05) is 23.8 Å². The fourth-order valence-corrected chi connectivity index (χ4v) is 2.41. The Hall–Kier alpha value is -2.12. The first-order chi connectivity index (χ1) is 11.5. The number of hydrogen-bond donors (Lipinski definition) is 4. The number of nitrogens with one attached hydrogen (secondary N) is 3. The minimum Gasteiger partial charge on any atom is -0.376 e. The quantitative estimate of drug-likeness (QED) is 0.612. The van der Waals surface area contributed by atoms with E-state index in [-0.39, 0.29) is 24.1 Å². The van der Waals surface area contributed by atoms with Crippen molar-refractivity contribution in [3.63, 3.8) is 0 Å². The van der Waals surface area contributed by atoms with E-state index >= 15 is 0 Å². The van der Waals surface area contributed by atoms with Gasteiger partial charge in [-0.15, -0.1) is 0 Å². The van der Waals surface area contributed by atoms with E-state index in [9.17, 15) is 9.59 Å². The smallest absolute Gasteiger partial charge is 0.319 e. The zero-order chi connectivity index (χ0) is 17.4. The van der Waals surface area contributed by atoms with Gasteiger partial charge in [0, 0.05) is 37.0 Å². The molecule has 132 valence electrons. The molecule has 5 N–H and O–H groups in total. The molecule has 3 amide bonds. The average molecular weight is 334 g/mol. The van der Waals surface area contributed by atoms with Gasteiger partial charge in [0.25, 0.3) is 0 Å². The minimum absolute atomic E-state index is 0.00970. The van der Waals surface area contributed by atoms with Gasteiger partial charge in [0.1, 0.15) is 0 Å². The highest BCUT2D eigenvalue weighted by molar-refractivity contribution is 5.92. The van der Waals surface area contributed by atoms with E-state index in [1.54, 1.807) is 24.3 Å². The third kappa shape index (κ3) is 6.55. The fraction of sp³-hybridized carbons (Fsp3) is 0.529. The van der Waals surface area contributed by atoms with Crippen LogP contribution in [0.3, 0.4) is 0 Å². The molecule has 2 unspecified atom stereocenters. The van der Waals surface area contributed by atoms with Crippen molar-refractivity contribution >= 4 is 23.3 Å². The normalized spacial score (nSPS) is 18.0. The summed E-state index contributed by atoms with van der Waals surface area (Å²) in [6.45, 7) is 3.16. The Morgan fingerprint density at radius 1 is 1.25 bits per heavy atom. The van der Waals surface area contributed by atoms with E-state index in [1.807, 2.05) is 6.92 Å². The van der Waals surface area contributed by atoms with Gasteiger partial charge in [-0.3, -0.25) is 4.79 Å². The minimum atomic E-state index is -0.265. The predicted molar refractivity (Wildman–Crippen MR) is 94.0 cm³/mol. The van der Waals surface area contributed by atoms with Crippen LogP contribution >= 0.6 is 0 Å². The van der Waals surface area contributed by atoms with Crippen LogP contribution in [0.1, 0.15) is 32.6 Å². The van der Waals surface area contributed by atoms with Crippen LogP contribution in [-0.4, -0.2) is 37.2 Å². The van der Waals surface area contributed by atoms with Gasteiger partial charge >= 0.3 is 6.03 Å². The molecule has 1 aromatic carbocycles. The number of benzene rings is 1. The van der Waals surface area contributed by atoms with Crippen LogP contribution in [0.15, 0.2) is 24.3 Å². The topological polar surface area (TPSA) is 105 Å². The first-order valence-corrected chi connectivity index (χ1v) is 8.35. The molecule has 2 atom stereocenters. The Morgan fingerprint density at radius 3 is 2.50 bits per heavy atom. The second-order valence-corrected chi connectivity index (χ2v) is 6.11. The second kappa shape index (κ2) is 9.24. The maximum Gasteiger partial charge on any atom is 0.319 e. The molecule has 1 saturated heterocycles. The van der Waals surface area contributed by atoms with Crippen LogP contribution in [0.4, 0.5) is 16.2 Å². The lowest BCUT2D eigenvalue weighted by Gasteiger charge is -2.12. The van der Waals surface area contributed by atoms with Gasteiger partial charge in [-0.25, -0.2) is 4.79 Å². The average Bonchev–Trinajstić information content (AvgIpc) is 3.06. The lowest BCUT2D eigenvalue weighted by molar-refractivity contribution is -0.116. The molecule has 0 bridgehead atoms. The number of nitrogens with two attached hydrogens (primary N) is 1. The number of amides is 3. The number of urea groups is 1.